The Morgan fingerprint density at radius 3 is 2.63 bits per heavy atom. The largest absolute Gasteiger partial charge is 0.376 e. The van der Waals surface area contributed by atoms with Gasteiger partial charge in [0.2, 0.25) is 0 Å². The topological polar surface area (TPSA) is 9.23 Å². The number of benzene rings is 2. The van der Waals surface area contributed by atoms with Crippen LogP contribution in [0.3, 0.4) is 0 Å². The third-order valence-electron chi connectivity index (χ3n) is 3.74. The molecule has 1 fully saturated rings. The van der Waals surface area contributed by atoms with Gasteiger partial charge in [0.15, 0.2) is 0 Å². The molecule has 0 amide bonds. The molecule has 1 saturated heterocycles. The molecule has 2 unspecified atom stereocenters. The van der Waals surface area contributed by atoms with E-state index >= 15 is 0 Å². The third-order valence-corrected chi connectivity index (χ3v) is 4.95. The summed E-state index contributed by atoms with van der Waals surface area (Å²) in [6, 6.07) is 12.6. The van der Waals surface area contributed by atoms with Crippen LogP contribution in [0.1, 0.15) is 30.2 Å². The van der Waals surface area contributed by atoms with E-state index in [0.29, 0.717) is 0 Å². The Balaban J connectivity index is 2.02. The van der Waals surface area contributed by atoms with Gasteiger partial charge in [-0.3, -0.25) is 0 Å². The minimum Gasteiger partial charge on any atom is -0.376 e. The van der Waals surface area contributed by atoms with E-state index in [1.54, 1.807) is 0 Å². The highest BCUT2D eigenvalue weighted by atomic mass is 79.9. The summed E-state index contributed by atoms with van der Waals surface area (Å²) >= 11 is 10.3. The number of halogens is 2. The lowest BCUT2D eigenvalue weighted by molar-refractivity contribution is 0.0138. The SMILES string of the molecule is ClC(c1ccc(Br)c2ccccc12)C1CCCCO1. The second-order valence-electron chi connectivity index (χ2n) is 4.99. The predicted octanol–water partition coefficient (Wildman–Crippen LogP) is 5.45. The van der Waals surface area contributed by atoms with Crippen LogP contribution >= 0.6 is 27.5 Å². The van der Waals surface area contributed by atoms with E-state index in [2.05, 4.69) is 52.3 Å². The molecule has 3 heteroatoms. The fraction of sp³-hybridized carbons (Fsp3) is 0.375. The van der Waals surface area contributed by atoms with Gasteiger partial charge in [0.25, 0.3) is 0 Å². The van der Waals surface area contributed by atoms with Crippen molar-refractivity contribution < 1.29 is 4.74 Å². The highest BCUT2D eigenvalue weighted by Crippen LogP contribution is 2.37. The number of rotatable bonds is 2. The molecule has 1 aliphatic heterocycles. The molecule has 100 valence electrons. The number of hydrogen-bond donors (Lipinski definition) is 0. The molecule has 0 saturated carbocycles. The van der Waals surface area contributed by atoms with Crippen LogP contribution in [0, 0.1) is 0 Å². The molecule has 1 nitrogen and oxygen atoms in total. The van der Waals surface area contributed by atoms with Crippen LogP contribution in [-0.2, 0) is 4.74 Å². The zero-order valence-electron chi connectivity index (χ0n) is 10.6. The van der Waals surface area contributed by atoms with Crippen molar-refractivity contribution in [3.8, 4) is 0 Å². The fourth-order valence-corrected chi connectivity index (χ4v) is 3.59. The zero-order chi connectivity index (χ0) is 13.2. The summed E-state index contributed by atoms with van der Waals surface area (Å²) in [5.74, 6) is 0. The predicted molar refractivity (Wildman–Crippen MR) is 83.8 cm³/mol. The molecular formula is C16H16BrClO. The Hall–Kier alpha value is -0.570. The minimum atomic E-state index is -0.0710. The molecular weight excluding hydrogens is 324 g/mol. The molecule has 0 radical (unpaired) electrons. The maximum Gasteiger partial charge on any atom is 0.0853 e. The van der Waals surface area contributed by atoms with Crippen LogP contribution < -0.4 is 0 Å². The van der Waals surface area contributed by atoms with Gasteiger partial charge in [-0.1, -0.05) is 46.3 Å². The van der Waals surface area contributed by atoms with Crippen LogP contribution in [0.4, 0.5) is 0 Å². The third kappa shape index (κ3) is 2.67. The van der Waals surface area contributed by atoms with E-state index in [-0.39, 0.29) is 11.5 Å². The van der Waals surface area contributed by atoms with Gasteiger partial charge in [0, 0.05) is 11.1 Å². The van der Waals surface area contributed by atoms with E-state index in [0.717, 1.165) is 23.9 Å². The van der Waals surface area contributed by atoms with Gasteiger partial charge < -0.3 is 4.74 Å². The quantitative estimate of drug-likeness (QED) is 0.661. The molecule has 2 aromatic carbocycles. The molecule has 1 heterocycles. The van der Waals surface area contributed by atoms with Gasteiger partial charge in [0.05, 0.1) is 11.5 Å². The molecule has 0 N–H and O–H groups in total. The lowest BCUT2D eigenvalue weighted by Crippen LogP contribution is -2.23. The van der Waals surface area contributed by atoms with Crippen molar-refractivity contribution in [2.24, 2.45) is 0 Å². The van der Waals surface area contributed by atoms with Crippen molar-refractivity contribution in [3.05, 3.63) is 46.4 Å². The summed E-state index contributed by atoms with van der Waals surface area (Å²) < 4.78 is 6.94. The lowest BCUT2D eigenvalue weighted by Gasteiger charge is -2.27. The Morgan fingerprint density at radius 1 is 1.11 bits per heavy atom. The van der Waals surface area contributed by atoms with E-state index in [1.165, 1.54) is 22.8 Å². The van der Waals surface area contributed by atoms with Crippen LogP contribution in [0.15, 0.2) is 40.9 Å². The standard InChI is InChI=1S/C16H16BrClO/c17-14-9-8-13(11-5-1-2-6-12(11)14)16(18)15-7-3-4-10-19-15/h1-2,5-6,8-9,15-16H,3-4,7,10H2. The second kappa shape index (κ2) is 5.82. The van der Waals surface area contributed by atoms with Crippen molar-refractivity contribution in [2.75, 3.05) is 6.61 Å². The highest BCUT2D eigenvalue weighted by molar-refractivity contribution is 9.10. The second-order valence-corrected chi connectivity index (χ2v) is 6.31. The molecule has 1 aliphatic rings. The van der Waals surface area contributed by atoms with E-state index < -0.39 is 0 Å². The molecule has 2 atom stereocenters. The summed E-state index contributed by atoms with van der Waals surface area (Å²) in [7, 11) is 0. The molecule has 0 bridgehead atoms. The summed E-state index contributed by atoms with van der Waals surface area (Å²) in [6.07, 6.45) is 3.56. The average molecular weight is 340 g/mol. The molecule has 2 aromatic rings. The molecule has 0 aliphatic carbocycles. The van der Waals surface area contributed by atoms with E-state index in [4.69, 9.17) is 16.3 Å². The van der Waals surface area contributed by atoms with Crippen LogP contribution in [0.25, 0.3) is 10.8 Å². The lowest BCUT2D eigenvalue weighted by atomic mass is 9.96. The van der Waals surface area contributed by atoms with E-state index in [9.17, 15) is 0 Å². The smallest absolute Gasteiger partial charge is 0.0853 e. The maximum atomic E-state index is 6.68. The summed E-state index contributed by atoms with van der Waals surface area (Å²) in [5.41, 5.74) is 1.17. The number of alkyl halides is 1. The number of ether oxygens (including phenoxy) is 1. The average Bonchev–Trinajstić information content (AvgIpc) is 2.48. The van der Waals surface area contributed by atoms with Crippen molar-refractivity contribution in [2.45, 2.75) is 30.7 Å². The van der Waals surface area contributed by atoms with Gasteiger partial charge in [-0.2, -0.15) is 0 Å². The zero-order valence-corrected chi connectivity index (χ0v) is 13.0. The first-order chi connectivity index (χ1) is 9.27. The van der Waals surface area contributed by atoms with Crippen LogP contribution in [-0.4, -0.2) is 12.7 Å². The van der Waals surface area contributed by atoms with Crippen molar-refractivity contribution in [1.29, 1.82) is 0 Å². The molecule has 19 heavy (non-hydrogen) atoms. The Morgan fingerprint density at radius 2 is 1.89 bits per heavy atom. The van der Waals surface area contributed by atoms with Crippen molar-refractivity contribution >= 4 is 38.3 Å². The molecule has 0 aromatic heterocycles. The summed E-state index contributed by atoms with van der Waals surface area (Å²) in [6.45, 7) is 0.836. The van der Waals surface area contributed by atoms with Gasteiger partial charge in [-0.15, -0.1) is 11.6 Å². The number of fused-ring (bicyclic) bond motifs is 1. The Labute approximate surface area is 127 Å². The minimum absolute atomic E-state index is 0.0710. The normalized spacial score (nSPS) is 21.5. The number of hydrogen-bond acceptors (Lipinski definition) is 1. The summed E-state index contributed by atoms with van der Waals surface area (Å²) in [5, 5.41) is 2.35. The Bertz CT molecular complexity index is 578. The van der Waals surface area contributed by atoms with Crippen LogP contribution in [0.2, 0.25) is 0 Å². The van der Waals surface area contributed by atoms with Gasteiger partial charge in [-0.25, -0.2) is 0 Å². The maximum absolute atomic E-state index is 6.68. The first-order valence-corrected chi connectivity index (χ1v) is 7.93. The van der Waals surface area contributed by atoms with Gasteiger partial charge in [0.1, 0.15) is 0 Å². The van der Waals surface area contributed by atoms with Gasteiger partial charge >= 0.3 is 0 Å². The van der Waals surface area contributed by atoms with Crippen LogP contribution in [0.5, 0.6) is 0 Å². The molecule has 0 spiro atoms. The van der Waals surface area contributed by atoms with Crippen molar-refractivity contribution in [1.82, 2.24) is 0 Å². The van der Waals surface area contributed by atoms with E-state index in [1.807, 2.05) is 0 Å². The van der Waals surface area contributed by atoms with Crippen molar-refractivity contribution in [3.63, 3.8) is 0 Å². The first-order valence-electron chi connectivity index (χ1n) is 6.70. The van der Waals surface area contributed by atoms with Gasteiger partial charge in [-0.05, 0) is 41.7 Å². The Kier molecular flexibility index (Phi) is 4.11. The monoisotopic (exact) mass is 338 g/mol. The summed E-state index contributed by atoms with van der Waals surface area (Å²) in [4.78, 5) is 0. The molecule has 3 rings (SSSR count). The highest BCUT2D eigenvalue weighted by Gasteiger charge is 2.25. The first kappa shape index (κ1) is 13.4. The fourth-order valence-electron chi connectivity index (χ4n) is 2.72.